The Labute approximate surface area is 168 Å². The first-order valence-corrected chi connectivity index (χ1v) is 8.67. The molecule has 3 heterocycles. The van der Waals surface area contributed by atoms with Gasteiger partial charge in [-0.1, -0.05) is 12.1 Å². The van der Waals surface area contributed by atoms with Gasteiger partial charge in [0.15, 0.2) is 0 Å². The van der Waals surface area contributed by atoms with Gasteiger partial charge >= 0.3 is 6.36 Å². The van der Waals surface area contributed by atoms with Crippen LogP contribution in [-0.2, 0) is 10.4 Å². The van der Waals surface area contributed by atoms with Crippen molar-refractivity contribution in [1.29, 1.82) is 0 Å². The first-order chi connectivity index (χ1) is 14.2. The van der Waals surface area contributed by atoms with E-state index in [0.717, 1.165) is 0 Å². The number of nitrogens with zero attached hydrogens (tertiary/aromatic N) is 3. The van der Waals surface area contributed by atoms with Gasteiger partial charge in [-0.2, -0.15) is 0 Å². The van der Waals surface area contributed by atoms with Crippen LogP contribution in [0.15, 0.2) is 59.1 Å². The molecule has 2 aromatic heterocycles. The highest BCUT2D eigenvalue weighted by atomic mass is 19.4. The minimum Gasteiger partial charge on any atom is -0.438 e. The molecule has 3 aromatic rings. The Morgan fingerprint density at radius 1 is 1.07 bits per heavy atom. The fourth-order valence-corrected chi connectivity index (χ4v) is 2.78. The number of aromatic nitrogens is 3. The quantitative estimate of drug-likeness (QED) is 0.662. The molecule has 0 spiro atoms. The van der Waals surface area contributed by atoms with Crippen molar-refractivity contribution in [2.45, 2.75) is 25.8 Å². The van der Waals surface area contributed by atoms with E-state index in [1.54, 1.807) is 32.2 Å². The van der Waals surface area contributed by atoms with Crippen LogP contribution in [0.25, 0.3) is 11.5 Å². The lowest BCUT2D eigenvalue weighted by Crippen LogP contribution is -2.23. The Bertz CT molecular complexity index is 1080. The van der Waals surface area contributed by atoms with Gasteiger partial charge in [-0.3, -0.25) is 9.82 Å². The van der Waals surface area contributed by atoms with Gasteiger partial charge in [-0.15, -0.1) is 23.4 Å². The molecule has 0 aliphatic carbocycles. The third-order valence-corrected chi connectivity index (χ3v) is 4.15. The second kappa shape index (κ2) is 7.34. The molecule has 1 atom stereocenters. The van der Waals surface area contributed by atoms with E-state index in [4.69, 9.17) is 14.0 Å². The van der Waals surface area contributed by atoms with E-state index in [0.29, 0.717) is 28.7 Å². The highest BCUT2D eigenvalue weighted by Gasteiger charge is 2.34. The molecule has 0 saturated heterocycles. The Hall–Kier alpha value is -3.60. The number of aryl methyl sites for hydroxylation is 1. The van der Waals surface area contributed by atoms with E-state index >= 15 is 0 Å². The molecule has 0 amide bonds. The van der Waals surface area contributed by atoms with Crippen molar-refractivity contribution in [1.82, 2.24) is 20.7 Å². The molecule has 8 nitrogen and oxygen atoms in total. The first kappa shape index (κ1) is 19.7. The highest BCUT2D eigenvalue weighted by molar-refractivity contribution is 5.53. The van der Waals surface area contributed by atoms with Crippen molar-refractivity contribution in [3.8, 4) is 23.0 Å². The van der Waals surface area contributed by atoms with E-state index in [1.165, 1.54) is 30.5 Å². The zero-order valence-electron chi connectivity index (χ0n) is 15.7. The third kappa shape index (κ3) is 4.35. The molecular weight excluding hydrogens is 405 g/mol. The molecule has 11 heteroatoms. The first-order valence-electron chi connectivity index (χ1n) is 8.67. The summed E-state index contributed by atoms with van der Waals surface area (Å²) in [5.41, 5.74) is 2.86. The predicted octanol–water partition coefficient (Wildman–Crippen LogP) is 4.01. The van der Waals surface area contributed by atoms with Crippen LogP contribution in [0, 0.1) is 6.92 Å². The van der Waals surface area contributed by atoms with E-state index in [1.807, 2.05) is 0 Å². The van der Waals surface area contributed by atoms with Crippen molar-refractivity contribution < 1.29 is 31.9 Å². The van der Waals surface area contributed by atoms with Crippen LogP contribution < -0.4 is 15.0 Å². The fourth-order valence-electron chi connectivity index (χ4n) is 2.78. The molecule has 1 N–H and O–H groups in total. The van der Waals surface area contributed by atoms with Crippen molar-refractivity contribution >= 4 is 0 Å². The fraction of sp³-hybridized carbons (Fsp3) is 0.211. The molecule has 0 unspecified atom stereocenters. The number of halogens is 3. The number of benzene rings is 1. The average Bonchev–Trinajstić information content (AvgIpc) is 3.28. The lowest BCUT2D eigenvalue weighted by atomic mass is 9.96. The Morgan fingerprint density at radius 2 is 1.83 bits per heavy atom. The third-order valence-electron chi connectivity index (χ3n) is 4.15. The van der Waals surface area contributed by atoms with Gasteiger partial charge in [-0.05, 0) is 30.7 Å². The summed E-state index contributed by atoms with van der Waals surface area (Å²) in [6.07, 6.45) is -0.0496. The molecule has 30 heavy (non-hydrogen) atoms. The number of ether oxygens (including phenoxy) is 2. The summed E-state index contributed by atoms with van der Waals surface area (Å²) in [6.45, 7) is 3.41. The molecule has 0 saturated carbocycles. The summed E-state index contributed by atoms with van der Waals surface area (Å²) in [5.74, 6) is 1.09. The molecule has 1 aliphatic heterocycles. The van der Waals surface area contributed by atoms with E-state index < -0.39 is 12.0 Å². The van der Waals surface area contributed by atoms with Crippen LogP contribution in [-0.4, -0.2) is 21.5 Å². The number of hydrogen-bond acceptors (Lipinski definition) is 8. The zero-order valence-corrected chi connectivity index (χ0v) is 15.7. The summed E-state index contributed by atoms with van der Waals surface area (Å²) in [4.78, 5) is 9.67. The topological polar surface area (TPSA) is 91.5 Å². The number of alkyl halides is 3. The molecule has 0 fully saturated rings. The minimum absolute atomic E-state index is 0.286. The molecule has 0 radical (unpaired) electrons. The largest absolute Gasteiger partial charge is 0.573 e. The van der Waals surface area contributed by atoms with Gasteiger partial charge in [0, 0.05) is 19.2 Å². The van der Waals surface area contributed by atoms with Crippen molar-refractivity contribution in [3.05, 3.63) is 66.1 Å². The van der Waals surface area contributed by atoms with Gasteiger partial charge in [0.05, 0.1) is 11.8 Å². The minimum atomic E-state index is -4.75. The molecule has 1 aliphatic rings. The van der Waals surface area contributed by atoms with Crippen molar-refractivity contribution in [3.63, 3.8) is 0 Å². The number of pyridine rings is 1. The van der Waals surface area contributed by atoms with Crippen LogP contribution in [0.1, 0.15) is 18.4 Å². The number of hydrogen-bond donors (Lipinski definition) is 1. The van der Waals surface area contributed by atoms with Crippen LogP contribution in [0.5, 0.6) is 11.5 Å². The van der Waals surface area contributed by atoms with E-state index in [2.05, 4.69) is 25.4 Å². The Morgan fingerprint density at radius 3 is 2.50 bits per heavy atom. The van der Waals surface area contributed by atoms with E-state index in [9.17, 15) is 13.2 Å². The summed E-state index contributed by atoms with van der Waals surface area (Å²) in [6, 6.07) is 7.04. The summed E-state index contributed by atoms with van der Waals surface area (Å²) in [5, 5.41) is 7.71. The number of hydroxylamine groups is 1. The Balaban J connectivity index is 1.49. The highest BCUT2D eigenvalue weighted by Crippen LogP contribution is 2.34. The number of nitrogens with one attached hydrogen (secondary N) is 1. The predicted molar refractivity (Wildman–Crippen MR) is 95.7 cm³/mol. The average molecular weight is 420 g/mol. The smallest absolute Gasteiger partial charge is 0.438 e. The standard InChI is InChI=1S/C19H15F3N4O4/c1-11-24-25-17(27-11)12-7-15(10-23-9-12)28-16-8-18(2,30-26-16)13-3-5-14(6-4-13)29-19(20,21)22/h3-10,26H,1-2H3/t18-/m1/s1. The molecule has 4 rings (SSSR count). The van der Waals surface area contributed by atoms with E-state index in [-0.39, 0.29) is 11.6 Å². The van der Waals surface area contributed by atoms with Crippen LogP contribution in [0.4, 0.5) is 13.2 Å². The second-order valence-corrected chi connectivity index (χ2v) is 6.53. The maximum atomic E-state index is 12.3. The maximum absolute atomic E-state index is 12.3. The molecule has 156 valence electrons. The van der Waals surface area contributed by atoms with Gasteiger partial charge in [0.25, 0.3) is 0 Å². The van der Waals surface area contributed by atoms with Crippen LogP contribution in [0.3, 0.4) is 0 Å². The molecular formula is C19H15F3N4O4. The van der Waals surface area contributed by atoms with Crippen molar-refractivity contribution in [2.24, 2.45) is 0 Å². The second-order valence-electron chi connectivity index (χ2n) is 6.53. The van der Waals surface area contributed by atoms with Gasteiger partial charge in [0.1, 0.15) is 17.1 Å². The maximum Gasteiger partial charge on any atom is 0.573 e. The van der Waals surface area contributed by atoms with Crippen LogP contribution in [0.2, 0.25) is 0 Å². The monoisotopic (exact) mass is 420 g/mol. The molecule has 0 bridgehead atoms. The summed E-state index contributed by atoms with van der Waals surface area (Å²) < 4.78 is 51.9. The zero-order chi connectivity index (χ0) is 21.4. The molecule has 1 aromatic carbocycles. The lowest BCUT2D eigenvalue weighted by molar-refractivity contribution is -0.274. The lowest BCUT2D eigenvalue weighted by Gasteiger charge is -2.20. The van der Waals surface area contributed by atoms with Gasteiger partial charge < -0.3 is 13.9 Å². The summed E-state index contributed by atoms with van der Waals surface area (Å²) in [7, 11) is 0. The van der Waals surface area contributed by atoms with Crippen molar-refractivity contribution in [2.75, 3.05) is 0 Å². The SMILES string of the molecule is Cc1nnc(-c2cncc(OC3=C[C@](C)(c4ccc(OC(F)(F)F)cc4)ON3)c2)o1. The van der Waals surface area contributed by atoms with Gasteiger partial charge in [0.2, 0.25) is 17.7 Å². The number of rotatable bonds is 5. The van der Waals surface area contributed by atoms with Gasteiger partial charge in [-0.25, -0.2) is 5.48 Å². The summed E-state index contributed by atoms with van der Waals surface area (Å²) >= 11 is 0. The van der Waals surface area contributed by atoms with Crippen LogP contribution >= 0.6 is 0 Å². The normalized spacial score (nSPS) is 18.6. The Kier molecular flexibility index (Phi) is 4.82.